The fraction of sp³-hybridized carbons (Fsp3) is 0.400. The molecule has 130 valence electrons. The van der Waals surface area contributed by atoms with E-state index in [1.165, 1.54) is 0 Å². The molecule has 1 aromatic rings. The zero-order valence-corrected chi connectivity index (χ0v) is 15.1. The smallest absolute Gasteiger partial charge is 0.251 e. The Morgan fingerprint density at radius 3 is 2.04 bits per heavy atom. The van der Waals surface area contributed by atoms with E-state index in [-0.39, 0.29) is 17.2 Å². The molecule has 0 spiro atoms. The van der Waals surface area contributed by atoms with Gasteiger partial charge in [-0.2, -0.15) is 0 Å². The van der Waals surface area contributed by atoms with E-state index in [1.807, 2.05) is 12.1 Å². The van der Waals surface area contributed by atoms with Crippen LogP contribution >= 0.6 is 0 Å². The molecule has 0 fully saturated rings. The van der Waals surface area contributed by atoms with Crippen LogP contribution < -0.4 is 5.32 Å². The molecule has 0 radical (unpaired) electrons. The Labute approximate surface area is 145 Å². The molecule has 4 nitrogen and oxygen atoms in total. The van der Waals surface area contributed by atoms with E-state index in [9.17, 15) is 9.59 Å². The molecule has 24 heavy (non-hydrogen) atoms. The second-order valence-corrected chi connectivity index (χ2v) is 6.84. The first kappa shape index (κ1) is 19.7. The Morgan fingerprint density at radius 1 is 1.12 bits per heavy atom. The second kappa shape index (κ2) is 8.48. The van der Waals surface area contributed by atoms with Crippen molar-refractivity contribution in [1.29, 1.82) is 0 Å². The zero-order valence-electron chi connectivity index (χ0n) is 15.1. The third-order valence-electron chi connectivity index (χ3n) is 3.74. The highest BCUT2D eigenvalue weighted by molar-refractivity contribution is 5.97. The standard InChI is InChI=1S/C20H28N2O2/c1-7-13-22(14-8-2)19(24)15(3)21-18(23)16-9-11-17(12-10-16)20(4,5)6/h7-12,15H,1-2,13-14H2,3-6H3,(H,21,23). The first-order chi connectivity index (χ1) is 11.2. The lowest BCUT2D eigenvalue weighted by atomic mass is 9.86. The maximum Gasteiger partial charge on any atom is 0.251 e. The number of hydrogen-bond donors (Lipinski definition) is 1. The number of rotatable bonds is 7. The van der Waals surface area contributed by atoms with Gasteiger partial charge in [-0.15, -0.1) is 13.2 Å². The first-order valence-electron chi connectivity index (χ1n) is 8.12. The number of carbonyl (C=O) groups excluding carboxylic acids is 2. The summed E-state index contributed by atoms with van der Waals surface area (Å²) in [6, 6.07) is 6.86. The number of carbonyl (C=O) groups is 2. The molecular formula is C20H28N2O2. The lowest BCUT2D eigenvalue weighted by molar-refractivity contribution is -0.131. The Bertz CT molecular complexity index is 587. The van der Waals surface area contributed by atoms with Gasteiger partial charge in [-0.1, -0.05) is 45.1 Å². The van der Waals surface area contributed by atoms with Crippen LogP contribution in [0.4, 0.5) is 0 Å². The molecule has 0 aliphatic heterocycles. The summed E-state index contributed by atoms with van der Waals surface area (Å²) in [6.07, 6.45) is 3.31. The van der Waals surface area contributed by atoms with E-state index in [4.69, 9.17) is 0 Å². The van der Waals surface area contributed by atoms with Crippen LogP contribution in [0.25, 0.3) is 0 Å². The van der Waals surface area contributed by atoms with E-state index < -0.39 is 6.04 Å². The van der Waals surface area contributed by atoms with Crippen molar-refractivity contribution in [3.63, 3.8) is 0 Å². The minimum Gasteiger partial charge on any atom is -0.341 e. The molecule has 0 saturated heterocycles. The fourth-order valence-corrected chi connectivity index (χ4v) is 2.30. The van der Waals surface area contributed by atoms with Crippen molar-refractivity contribution in [1.82, 2.24) is 10.2 Å². The van der Waals surface area contributed by atoms with Gasteiger partial charge in [-0.3, -0.25) is 9.59 Å². The van der Waals surface area contributed by atoms with Crippen molar-refractivity contribution in [3.05, 3.63) is 60.7 Å². The largest absolute Gasteiger partial charge is 0.341 e. The molecule has 2 amide bonds. The van der Waals surface area contributed by atoms with Crippen LogP contribution in [0, 0.1) is 0 Å². The lowest BCUT2D eigenvalue weighted by Crippen LogP contribution is -2.47. The first-order valence-corrected chi connectivity index (χ1v) is 8.12. The van der Waals surface area contributed by atoms with Gasteiger partial charge < -0.3 is 10.2 Å². The van der Waals surface area contributed by atoms with Crippen molar-refractivity contribution in [2.24, 2.45) is 0 Å². The van der Waals surface area contributed by atoms with Gasteiger partial charge in [0.05, 0.1) is 0 Å². The summed E-state index contributed by atoms with van der Waals surface area (Å²) >= 11 is 0. The summed E-state index contributed by atoms with van der Waals surface area (Å²) in [5.41, 5.74) is 1.74. The molecule has 0 heterocycles. The van der Waals surface area contributed by atoms with Gasteiger partial charge in [0.1, 0.15) is 6.04 Å². The molecule has 0 saturated carbocycles. The van der Waals surface area contributed by atoms with Crippen LogP contribution in [0.3, 0.4) is 0 Å². The number of nitrogens with zero attached hydrogens (tertiary/aromatic N) is 1. The quantitative estimate of drug-likeness (QED) is 0.781. The van der Waals surface area contributed by atoms with Gasteiger partial charge in [-0.25, -0.2) is 0 Å². The molecule has 0 aromatic heterocycles. The van der Waals surface area contributed by atoms with E-state index in [2.05, 4.69) is 39.2 Å². The highest BCUT2D eigenvalue weighted by Crippen LogP contribution is 2.22. The monoisotopic (exact) mass is 328 g/mol. The predicted molar refractivity (Wildman–Crippen MR) is 99.0 cm³/mol. The summed E-state index contributed by atoms with van der Waals surface area (Å²) in [5, 5.41) is 2.75. The molecule has 0 bridgehead atoms. The third kappa shape index (κ3) is 5.37. The van der Waals surface area contributed by atoms with Crippen molar-refractivity contribution in [2.45, 2.75) is 39.2 Å². The minimum atomic E-state index is -0.611. The summed E-state index contributed by atoms with van der Waals surface area (Å²) < 4.78 is 0. The van der Waals surface area contributed by atoms with Crippen LogP contribution in [0.1, 0.15) is 43.6 Å². The predicted octanol–water partition coefficient (Wildman–Crippen LogP) is 3.30. The molecule has 1 N–H and O–H groups in total. The molecule has 1 aromatic carbocycles. The van der Waals surface area contributed by atoms with Crippen molar-refractivity contribution < 1.29 is 9.59 Å². The van der Waals surface area contributed by atoms with Crippen LogP contribution in [0.2, 0.25) is 0 Å². The highest BCUT2D eigenvalue weighted by atomic mass is 16.2. The minimum absolute atomic E-state index is 0.0359. The number of benzene rings is 1. The van der Waals surface area contributed by atoms with E-state index >= 15 is 0 Å². The topological polar surface area (TPSA) is 49.4 Å². The van der Waals surface area contributed by atoms with Crippen molar-refractivity contribution >= 4 is 11.8 Å². The Hall–Kier alpha value is -2.36. The van der Waals surface area contributed by atoms with Gasteiger partial charge in [0.2, 0.25) is 5.91 Å². The summed E-state index contributed by atoms with van der Waals surface area (Å²) in [4.78, 5) is 26.3. The SMILES string of the molecule is C=CCN(CC=C)C(=O)C(C)NC(=O)c1ccc(C(C)(C)C)cc1. The van der Waals surface area contributed by atoms with Crippen molar-refractivity contribution in [2.75, 3.05) is 13.1 Å². The molecule has 0 aliphatic rings. The van der Waals surface area contributed by atoms with Crippen molar-refractivity contribution in [3.8, 4) is 0 Å². The van der Waals surface area contributed by atoms with Crippen LogP contribution in [0.15, 0.2) is 49.6 Å². The second-order valence-electron chi connectivity index (χ2n) is 6.84. The molecule has 1 unspecified atom stereocenters. The van der Waals surface area contributed by atoms with Crippen LogP contribution in [0.5, 0.6) is 0 Å². The summed E-state index contributed by atoms with van der Waals surface area (Å²) in [6.45, 7) is 16.2. The molecular weight excluding hydrogens is 300 g/mol. The van der Waals surface area contributed by atoms with Crippen LogP contribution in [-0.2, 0) is 10.2 Å². The summed E-state index contributed by atoms with van der Waals surface area (Å²) in [7, 11) is 0. The van der Waals surface area contributed by atoms with Gasteiger partial charge in [-0.05, 0) is 30.0 Å². The van der Waals surface area contributed by atoms with Gasteiger partial charge in [0.25, 0.3) is 5.91 Å². The third-order valence-corrected chi connectivity index (χ3v) is 3.74. The average Bonchev–Trinajstić information content (AvgIpc) is 2.53. The highest BCUT2D eigenvalue weighted by Gasteiger charge is 2.21. The maximum atomic E-state index is 12.4. The van der Waals surface area contributed by atoms with Gasteiger partial charge >= 0.3 is 0 Å². The molecule has 1 rings (SSSR count). The normalized spacial score (nSPS) is 12.2. The molecule has 4 heteroatoms. The van der Waals surface area contributed by atoms with E-state index in [0.717, 1.165) is 5.56 Å². The Kier molecular flexibility index (Phi) is 6.96. The zero-order chi connectivity index (χ0) is 18.3. The lowest BCUT2D eigenvalue weighted by Gasteiger charge is -2.24. The fourth-order valence-electron chi connectivity index (χ4n) is 2.30. The number of hydrogen-bond acceptors (Lipinski definition) is 2. The maximum absolute atomic E-state index is 12.4. The van der Waals surface area contributed by atoms with Crippen LogP contribution in [-0.4, -0.2) is 35.8 Å². The van der Waals surface area contributed by atoms with E-state index in [1.54, 1.807) is 36.1 Å². The summed E-state index contributed by atoms with van der Waals surface area (Å²) in [5.74, 6) is -0.414. The number of nitrogens with one attached hydrogen (secondary N) is 1. The van der Waals surface area contributed by atoms with Gasteiger partial charge in [0, 0.05) is 18.7 Å². The number of amides is 2. The Morgan fingerprint density at radius 2 is 1.62 bits per heavy atom. The molecule has 1 atom stereocenters. The molecule has 0 aliphatic carbocycles. The Balaban J connectivity index is 2.77. The average molecular weight is 328 g/mol. The van der Waals surface area contributed by atoms with Gasteiger partial charge in [0.15, 0.2) is 0 Å². The van der Waals surface area contributed by atoms with E-state index in [0.29, 0.717) is 18.7 Å².